The van der Waals surface area contributed by atoms with Crippen LogP contribution in [-0.4, -0.2) is 103 Å². The third-order valence-electron chi connectivity index (χ3n) is 12.1. The maximum atomic E-state index is 13.9. The third kappa shape index (κ3) is 19.1. The predicted octanol–water partition coefficient (Wildman–Crippen LogP) is 10.6. The van der Waals surface area contributed by atoms with E-state index in [1.165, 1.54) is 42.5 Å². The van der Waals surface area contributed by atoms with Crippen molar-refractivity contribution in [1.29, 1.82) is 0 Å². The number of hydrogen-bond acceptors (Lipinski definition) is 21. The molecule has 26 nitrogen and oxygen atoms in total. The number of rotatable bonds is 25. The van der Waals surface area contributed by atoms with Crippen molar-refractivity contribution in [3.8, 4) is 34.5 Å². The maximum Gasteiger partial charge on any atom is 0.349 e. The van der Waals surface area contributed by atoms with Gasteiger partial charge in [-0.15, -0.1) is 0 Å². The van der Waals surface area contributed by atoms with Crippen molar-refractivity contribution >= 4 is 108 Å². The number of hydrogen-bond donors (Lipinski definition) is 3. The Hall–Kier alpha value is -10.0. The second kappa shape index (κ2) is 30.2. The summed E-state index contributed by atoms with van der Waals surface area (Å²) in [6.07, 6.45) is 4.64. The summed E-state index contributed by atoms with van der Waals surface area (Å²) >= 11 is 0. The summed E-state index contributed by atoms with van der Waals surface area (Å²) in [6, 6.07) is 27.6. The van der Waals surface area contributed by atoms with Crippen LogP contribution in [0.5, 0.6) is 34.5 Å². The first-order valence-corrected chi connectivity index (χ1v) is 33.1. The Bertz CT molecular complexity index is 4900. The van der Waals surface area contributed by atoms with E-state index in [1.807, 2.05) is 18.2 Å². The van der Waals surface area contributed by atoms with Crippen molar-refractivity contribution in [3.63, 3.8) is 0 Å². The monoisotopic (exact) mass is 1410 g/mol. The van der Waals surface area contributed by atoms with Crippen molar-refractivity contribution in [3.05, 3.63) is 213 Å². The number of nitro groups is 2. The van der Waals surface area contributed by atoms with Crippen LogP contribution in [0.2, 0.25) is 0 Å². The van der Waals surface area contributed by atoms with Crippen molar-refractivity contribution in [1.82, 2.24) is 0 Å². The molecule has 0 atom stereocenters. The van der Waals surface area contributed by atoms with Gasteiger partial charge in [-0.1, -0.05) is 98.6 Å². The van der Waals surface area contributed by atoms with Gasteiger partial charge in [0.2, 0.25) is 17.4 Å². The number of benzene rings is 8. The van der Waals surface area contributed by atoms with Gasteiger partial charge in [0.1, 0.15) is 51.0 Å². The largest absolute Gasteiger partial charge is 0.487 e. The van der Waals surface area contributed by atoms with Crippen LogP contribution in [0.1, 0.15) is 23.1 Å². The fourth-order valence-corrected chi connectivity index (χ4v) is 11.4. The first-order chi connectivity index (χ1) is 43.9. The zero-order chi connectivity index (χ0) is 69.8. The lowest BCUT2D eigenvalue weighted by molar-refractivity contribution is -0.386. The van der Waals surface area contributed by atoms with E-state index in [1.54, 1.807) is 54.6 Å². The quantitative estimate of drug-likeness (QED) is 0.00550. The molecule has 94 heavy (non-hydrogen) atoms. The normalized spacial score (nSPS) is 11.6. The Morgan fingerprint density at radius 3 is 1.52 bits per heavy atom. The van der Waals surface area contributed by atoms with Gasteiger partial charge < -0.3 is 27.3 Å². The van der Waals surface area contributed by atoms with Crippen LogP contribution < -0.4 is 27.3 Å². The molecule has 0 fully saturated rings. The first-order valence-electron chi connectivity index (χ1n) is 25.6. The van der Waals surface area contributed by atoms with E-state index in [9.17, 15) is 93.5 Å². The van der Waals surface area contributed by atoms with Gasteiger partial charge in [-0.05, 0) is 75.7 Å². The molecule has 3 N–H and O–H groups in total. The van der Waals surface area contributed by atoms with Gasteiger partial charge in [-0.2, -0.15) is 50.9 Å². The highest BCUT2D eigenvalue weighted by Crippen LogP contribution is 2.36. The number of esters is 1. The molecule has 0 aliphatic carbocycles. The molecule has 498 valence electrons. The average molecular weight is 1420 g/mol. The molecule has 8 aromatic carbocycles. The van der Waals surface area contributed by atoms with E-state index < -0.39 is 169 Å². The lowest BCUT2D eigenvalue weighted by atomic mass is 10.0. The SMILES string of the molecule is C=Cc1ccc(OS(=O)(=O)CCCOc2cc(F)c(S(=O)(=O)O)cc2[N+](=O)[O-])c2ccccc12.C=Cc1ccc(OS(=O)(=O)CCOc2c(F)c(F)c(S(=O)(=O)O)c(F)c2F)cc1.C=Cc1ccc2cc(OC(=O)COc3cc(F)c(S(=O)(=O)O)cc3[N+](=O)[O-])ccc2c1. The lowest BCUT2D eigenvalue weighted by Crippen LogP contribution is -2.20. The van der Waals surface area contributed by atoms with Crippen LogP contribution in [0.25, 0.3) is 39.8 Å². The summed E-state index contributed by atoms with van der Waals surface area (Å²) in [6.45, 7) is 8.72. The van der Waals surface area contributed by atoms with Crippen LogP contribution in [0, 0.1) is 55.1 Å². The molecule has 37 heteroatoms. The van der Waals surface area contributed by atoms with Crippen LogP contribution in [0.4, 0.5) is 37.7 Å². The number of ether oxygens (including phenoxy) is 4. The minimum absolute atomic E-state index is 0.0810. The second-order valence-corrected chi connectivity index (χ2v) is 26.0. The van der Waals surface area contributed by atoms with E-state index in [4.69, 9.17) is 36.2 Å². The molecule has 8 rings (SSSR count). The van der Waals surface area contributed by atoms with Gasteiger partial charge in [-0.3, -0.25) is 33.9 Å². The highest BCUT2D eigenvalue weighted by molar-refractivity contribution is 7.87. The maximum absolute atomic E-state index is 13.9. The zero-order valence-corrected chi connectivity index (χ0v) is 51.3. The number of carbonyl (C=O) groups is 1. The summed E-state index contributed by atoms with van der Waals surface area (Å²) in [7, 11) is -24.1. The first kappa shape index (κ1) is 73.0. The summed E-state index contributed by atoms with van der Waals surface area (Å²) in [5, 5.41) is 25.3. The van der Waals surface area contributed by atoms with E-state index in [-0.39, 0.29) is 30.3 Å². The summed E-state index contributed by atoms with van der Waals surface area (Å²) in [5.41, 5.74) is 0.524. The number of carbonyl (C=O) groups excluding carboxylic acids is 1. The van der Waals surface area contributed by atoms with E-state index in [2.05, 4.69) is 24.5 Å². The molecule has 0 saturated carbocycles. The molecule has 0 aliphatic rings. The second-order valence-electron chi connectivity index (χ2n) is 18.5. The van der Waals surface area contributed by atoms with Gasteiger partial charge in [0, 0.05) is 29.7 Å². The topological polar surface area (TPSA) is 390 Å². The number of fused-ring (bicyclic) bond motifs is 2. The van der Waals surface area contributed by atoms with Crippen molar-refractivity contribution in [2.75, 3.05) is 31.3 Å². The number of halogens is 6. The fraction of sp³-hybridized carbons (Fsp3) is 0.105. The molecule has 0 radical (unpaired) electrons. The van der Waals surface area contributed by atoms with Crippen LogP contribution >= 0.6 is 0 Å². The van der Waals surface area contributed by atoms with Gasteiger partial charge in [0.25, 0.3) is 20.2 Å². The van der Waals surface area contributed by atoms with E-state index in [0.29, 0.717) is 35.2 Å². The van der Waals surface area contributed by atoms with E-state index in [0.717, 1.165) is 27.3 Å². The number of nitro benzene ring substituents is 2. The van der Waals surface area contributed by atoms with Gasteiger partial charge in [0.15, 0.2) is 34.6 Å². The summed E-state index contributed by atoms with van der Waals surface area (Å²) in [4.78, 5) is 27.5. The molecule has 0 heterocycles. The average Bonchev–Trinajstić information content (AvgIpc) is 2.13. The summed E-state index contributed by atoms with van der Waals surface area (Å²) in [5.74, 6) is -17.6. The molecule has 0 bridgehead atoms. The Kier molecular flexibility index (Phi) is 23.4. The Balaban J connectivity index is 0.000000224. The Labute approximate surface area is 528 Å². The third-order valence-corrected chi connectivity index (χ3v) is 17.1. The van der Waals surface area contributed by atoms with Crippen molar-refractivity contribution < 1.29 is 124 Å². The Morgan fingerprint density at radius 1 is 0.500 bits per heavy atom. The number of nitrogens with zero attached hydrogens (tertiary/aromatic N) is 2. The molecule has 0 spiro atoms. The van der Waals surface area contributed by atoms with E-state index >= 15 is 0 Å². The van der Waals surface area contributed by atoms with Crippen LogP contribution in [-0.2, 0) is 55.4 Å². The Morgan fingerprint density at radius 2 is 1.00 bits per heavy atom. The molecule has 0 saturated heterocycles. The minimum Gasteiger partial charge on any atom is -0.487 e. The molecule has 0 aromatic heterocycles. The van der Waals surface area contributed by atoms with Crippen LogP contribution in [0.3, 0.4) is 0 Å². The molecular weight excluding hydrogens is 1370 g/mol. The molecule has 0 amide bonds. The molecular formula is C57H44F6N2O24S5. The zero-order valence-electron chi connectivity index (χ0n) is 47.3. The standard InChI is InChI=1S/C21H18FNO9S2.C20H14FNO8S.C16H12F4O7S2/c1-2-14-8-9-19(16-7-4-3-6-15(14)16)32-33(26,27)11-5-10-31-20-12-17(22)21(34(28,29)30)13-18(20)23(24)25;1-2-12-3-4-14-8-15(6-5-13(14)7-12)30-20(23)11-29-18-9-16(21)19(31(26,27)28)10-17(18)22(24)25;1-2-9-3-5-10(6-4-9)27-28(21,22)8-7-26-15-11(17)13(19)16(29(23,24)25)14(20)12(15)18/h2-4,6-9,12-13H,1,5,10-11H2,(H,28,29,30);2-10H,1,11H2,(H,26,27,28);2-6H,1,7-8H2,(H,23,24,25). The summed E-state index contributed by atoms with van der Waals surface area (Å²) < 4.78 is 254. The van der Waals surface area contributed by atoms with Gasteiger partial charge in [-0.25, -0.2) is 22.4 Å². The van der Waals surface area contributed by atoms with Crippen molar-refractivity contribution in [2.45, 2.75) is 21.1 Å². The predicted molar refractivity (Wildman–Crippen MR) is 322 cm³/mol. The lowest BCUT2D eigenvalue weighted by Gasteiger charge is -2.12. The molecule has 8 aromatic rings. The highest BCUT2D eigenvalue weighted by Gasteiger charge is 2.34. The molecule has 0 unspecified atom stereocenters. The van der Waals surface area contributed by atoms with Gasteiger partial charge in [0.05, 0.1) is 22.2 Å². The van der Waals surface area contributed by atoms with Gasteiger partial charge >= 0.3 is 47.7 Å². The fourth-order valence-electron chi connectivity index (χ4n) is 7.87. The smallest absolute Gasteiger partial charge is 0.349 e. The van der Waals surface area contributed by atoms with Crippen LogP contribution in [0.15, 0.2) is 156 Å². The minimum atomic E-state index is -5.62. The molecule has 0 aliphatic heterocycles. The highest BCUT2D eigenvalue weighted by atomic mass is 32.2. The van der Waals surface area contributed by atoms with Crippen molar-refractivity contribution in [2.24, 2.45) is 0 Å².